The van der Waals surface area contributed by atoms with Crippen molar-refractivity contribution in [3.8, 4) is 0 Å². The molecule has 1 heterocycles. The van der Waals surface area contributed by atoms with Gasteiger partial charge in [0.05, 0.1) is 11.7 Å². The molecule has 1 aromatic rings. The second-order valence-electron chi connectivity index (χ2n) is 5.20. The van der Waals surface area contributed by atoms with Crippen molar-refractivity contribution >= 4 is 11.7 Å². The first-order valence-corrected chi connectivity index (χ1v) is 6.83. The van der Waals surface area contributed by atoms with E-state index in [-0.39, 0.29) is 24.2 Å². The summed E-state index contributed by atoms with van der Waals surface area (Å²) in [6, 6.07) is -0.456. The molecule has 0 bridgehead atoms. The van der Waals surface area contributed by atoms with Crippen LogP contribution >= 0.6 is 0 Å². The SMILES string of the molecule is CC(=O)C(NC(=O)Cn1cc(CCCN)nn1)C(C)C. The van der Waals surface area contributed by atoms with Crippen LogP contribution in [-0.4, -0.2) is 39.3 Å². The summed E-state index contributed by atoms with van der Waals surface area (Å²) in [5, 5.41) is 10.6. The Hall–Kier alpha value is -1.76. The Labute approximate surface area is 118 Å². The number of Topliss-reactive ketones (excluding diaryl/α,β-unsaturated/α-hetero) is 1. The summed E-state index contributed by atoms with van der Waals surface area (Å²) in [5.41, 5.74) is 6.24. The summed E-state index contributed by atoms with van der Waals surface area (Å²) < 4.78 is 1.47. The molecule has 0 aliphatic rings. The molecule has 1 rings (SSSR count). The molecule has 1 amide bonds. The third kappa shape index (κ3) is 5.08. The van der Waals surface area contributed by atoms with Gasteiger partial charge in [-0.25, -0.2) is 4.68 Å². The smallest absolute Gasteiger partial charge is 0.242 e. The Bertz CT molecular complexity index is 455. The zero-order valence-corrected chi connectivity index (χ0v) is 12.3. The third-order valence-corrected chi connectivity index (χ3v) is 2.95. The Kier molecular flexibility index (Phi) is 6.30. The van der Waals surface area contributed by atoms with Crippen LogP contribution in [0.3, 0.4) is 0 Å². The maximum atomic E-state index is 11.9. The van der Waals surface area contributed by atoms with Gasteiger partial charge in [-0.05, 0) is 32.2 Å². The molecule has 0 aromatic carbocycles. The van der Waals surface area contributed by atoms with Crippen molar-refractivity contribution in [3.63, 3.8) is 0 Å². The topological polar surface area (TPSA) is 103 Å². The molecule has 112 valence electrons. The number of aryl methyl sites for hydroxylation is 1. The first-order chi connectivity index (χ1) is 9.43. The van der Waals surface area contributed by atoms with Gasteiger partial charge in [-0.3, -0.25) is 9.59 Å². The van der Waals surface area contributed by atoms with Crippen LogP contribution in [-0.2, 0) is 22.6 Å². The van der Waals surface area contributed by atoms with Crippen molar-refractivity contribution in [2.24, 2.45) is 11.7 Å². The highest BCUT2D eigenvalue weighted by atomic mass is 16.2. The minimum Gasteiger partial charge on any atom is -0.344 e. The molecule has 1 atom stereocenters. The number of carbonyl (C=O) groups is 2. The molecule has 0 aliphatic carbocycles. The van der Waals surface area contributed by atoms with E-state index in [1.54, 1.807) is 6.20 Å². The van der Waals surface area contributed by atoms with Crippen molar-refractivity contribution in [2.75, 3.05) is 6.54 Å². The molecule has 3 N–H and O–H groups in total. The van der Waals surface area contributed by atoms with E-state index in [1.807, 2.05) is 13.8 Å². The number of carbonyl (C=O) groups excluding carboxylic acids is 2. The van der Waals surface area contributed by atoms with Gasteiger partial charge in [-0.1, -0.05) is 19.1 Å². The van der Waals surface area contributed by atoms with E-state index in [0.717, 1.165) is 18.5 Å². The first-order valence-electron chi connectivity index (χ1n) is 6.83. The van der Waals surface area contributed by atoms with E-state index in [0.29, 0.717) is 6.54 Å². The molecular weight excluding hydrogens is 258 g/mol. The summed E-state index contributed by atoms with van der Waals surface area (Å²) in [5.74, 6) is -0.225. The molecule has 0 fully saturated rings. The number of ketones is 1. The lowest BCUT2D eigenvalue weighted by Gasteiger charge is -2.19. The molecule has 0 spiro atoms. The number of nitrogens with two attached hydrogens (primary N) is 1. The number of amides is 1. The van der Waals surface area contributed by atoms with E-state index in [4.69, 9.17) is 5.73 Å². The molecule has 1 aromatic heterocycles. The van der Waals surface area contributed by atoms with Gasteiger partial charge in [-0.2, -0.15) is 0 Å². The lowest BCUT2D eigenvalue weighted by molar-refractivity contribution is -0.128. The van der Waals surface area contributed by atoms with Gasteiger partial charge in [0.25, 0.3) is 0 Å². The van der Waals surface area contributed by atoms with Crippen LogP contribution in [0.1, 0.15) is 32.9 Å². The van der Waals surface area contributed by atoms with Gasteiger partial charge in [0.2, 0.25) is 5.91 Å². The van der Waals surface area contributed by atoms with Crippen LogP contribution in [0.5, 0.6) is 0 Å². The quantitative estimate of drug-likeness (QED) is 0.692. The van der Waals surface area contributed by atoms with Gasteiger partial charge in [0.1, 0.15) is 6.54 Å². The number of rotatable bonds is 8. The van der Waals surface area contributed by atoms with Crippen LogP contribution in [0.2, 0.25) is 0 Å². The van der Waals surface area contributed by atoms with Gasteiger partial charge >= 0.3 is 0 Å². The van der Waals surface area contributed by atoms with Gasteiger partial charge in [-0.15, -0.1) is 5.10 Å². The van der Waals surface area contributed by atoms with E-state index < -0.39 is 6.04 Å². The fourth-order valence-electron chi connectivity index (χ4n) is 1.92. The monoisotopic (exact) mass is 281 g/mol. The normalized spacial score (nSPS) is 12.4. The molecule has 0 saturated heterocycles. The van der Waals surface area contributed by atoms with Crippen molar-refractivity contribution in [1.82, 2.24) is 20.3 Å². The highest BCUT2D eigenvalue weighted by Gasteiger charge is 2.20. The van der Waals surface area contributed by atoms with Crippen LogP contribution < -0.4 is 11.1 Å². The maximum Gasteiger partial charge on any atom is 0.242 e. The van der Waals surface area contributed by atoms with Crippen molar-refractivity contribution in [2.45, 2.75) is 46.2 Å². The Balaban J connectivity index is 2.53. The zero-order valence-electron chi connectivity index (χ0n) is 12.3. The Morgan fingerprint density at radius 2 is 2.15 bits per heavy atom. The minimum atomic E-state index is -0.456. The van der Waals surface area contributed by atoms with Gasteiger partial charge in [0.15, 0.2) is 5.78 Å². The predicted octanol–water partition coefficient (Wildman–Crippen LogP) is -0.101. The highest BCUT2D eigenvalue weighted by molar-refractivity contribution is 5.87. The number of aromatic nitrogens is 3. The van der Waals surface area contributed by atoms with E-state index >= 15 is 0 Å². The van der Waals surface area contributed by atoms with Crippen LogP contribution in [0, 0.1) is 5.92 Å². The number of nitrogens with zero attached hydrogens (tertiary/aromatic N) is 3. The molecule has 7 nitrogen and oxygen atoms in total. The maximum absolute atomic E-state index is 11.9. The van der Waals surface area contributed by atoms with E-state index in [2.05, 4.69) is 15.6 Å². The average Bonchev–Trinajstić information content (AvgIpc) is 2.80. The standard InChI is InChI=1S/C13H23N5O2/c1-9(2)13(10(3)19)15-12(20)8-18-7-11(16-17-18)5-4-6-14/h7,9,13H,4-6,8,14H2,1-3H3,(H,15,20). The number of hydrogen-bond donors (Lipinski definition) is 2. The lowest BCUT2D eigenvalue weighted by atomic mass is 10.0. The molecular formula is C13H23N5O2. The summed E-state index contributed by atoms with van der Waals surface area (Å²) in [6.07, 6.45) is 3.32. The fraction of sp³-hybridized carbons (Fsp3) is 0.692. The molecule has 0 aliphatic heterocycles. The number of hydrogen-bond acceptors (Lipinski definition) is 5. The molecule has 7 heteroatoms. The van der Waals surface area contributed by atoms with Crippen LogP contribution in [0.15, 0.2) is 6.20 Å². The third-order valence-electron chi connectivity index (χ3n) is 2.95. The molecule has 0 radical (unpaired) electrons. The Morgan fingerprint density at radius 3 is 2.70 bits per heavy atom. The summed E-state index contributed by atoms with van der Waals surface area (Å²) in [7, 11) is 0. The molecule has 20 heavy (non-hydrogen) atoms. The highest BCUT2D eigenvalue weighted by Crippen LogP contribution is 2.03. The fourth-order valence-corrected chi connectivity index (χ4v) is 1.92. The summed E-state index contributed by atoms with van der Waals surface area (Å²) in [4.78, 5) is 23.3. The van der Waals surface area contributed by atoms with Crippen molar-refractivity contribution < 1.29 is 9.59 Å². The van der Waals surface area contributed by atoms with E-state index in [1.165, 1.54) is 11.6 Å². The summed E-state index contributed by atoms with van der Waals surface area (Å²) >= 11 is 0. The van der Waals surface area contributed by atoms with Gasteiger partial charge in [0, 0.05) is 6.20 Å². The minimum absolute atomic E-state index is 0.0458. The Morgan fingerprint density at radius 1 is 1.45 bits per heavy atom. The second-order valence-corrected chi connectivity index (χ2v) is 5.20. The largest absolute Gasteiger partial charge is 0.344 e. The zero-order chi connectivity index (χ0) is 15.1. The summed E-state index contributed by atoms with van der Waals surface area (Å²) in [6.45, 7) is 5.93. The van der Waals surface area contributed by atoms with Crippen LogP contribution in [0.25, 0.3) is 0 Å². The molecule has 0 saturated carbocycles. The van der Waals surface area contributed by atoms with Crippen LogP contribution in [0.4, 0.5) is 0 Å². The van der Waals surface area contributed by atoms with Crippen molar-refractivity contribution in [1.29, 1.82) is 0 Å². The average molecular weight is 281 g/mol. The lowest BCUT2D eigenvalue weighted by Crippen LogP contribution is -2.44. The molecule has 1 unspecified atom stereocenters. The number of nitrogens with one attached hydrogen (secondary N) is 1. The van der Waals surface area contributed by atoms with Crippen molar-refractivity contribution in [3.05, 3.63) is 11.9 Å². The second kappa shape index (κ2) is 7.74. The van der Waals surface area contributed by atoms with Gasteiger partial charge < -0.3 is 11.1 Å². The van der Waals surface area contributed by atoms with E-state index in [9.17, 15) is 9.59 Å². The predicted molar refractivity (Wildman–Crippen MR) is 74.8 cm³/mol. The first kappa shape index (κ1) is 16.3.